The summed E-state index contributed by atoms with van der Waals surface area (Å²) in [5.41, 5.74) is -0.820. The van der Waals surface area contributed by atoms with Crippen molar-refractivity contribution in [1.29, 1.82) is 0 Å². The fourth-order valence-corrected chi connectivity index (χ4v) is 3.04. The monoisotopic (exact) mass is 323 g/mol. The highest BCUT2D eigenvalue weighted by atomic mass is 35.5. The molecule has 1 aromatic rings. The lowest BCUT2D eigenvalue weighted by Crippen LogP contribution is -2.41. The van der Waals surface area contributed by atoms with Gasteiger partial charge in [-0.1, -0.05) is 11.6 Å². The van der Waals surface area contributed by atoms with E-state index in [1.54, 1.807) is 6.08 Å². The Labute approximate surface area is 134 Å². The molecule has 0 saturated carbocycles. The van der Waals surface area contributed by atoms with E-state index in [4.69, 9.17) is 16.3 Å². The Kier molecular flexibility index (Phi) is 4.15. The van der Waals surface area contributed by atoms with Crippen LogP contribution in [0.4, 0.5) is 5.69 Å². The maximum atomic E-state index is 12.7. The number of ether oxygens (including phenoxy) is 1. The summed E-state index contributed by atoms with van der Waals surface area (Å²) >= 11 is 5.79. The maximum absolute atomic E-state index is 12.7. The van der Waals surface area contributed by atoms with E-state index in [2.05, 4.69) is 0 Å². The molecular weight excluding hydrogens is 306 g/mol. The number of nitro benzene ring substituents is 1. The van der Waals surface area contributed by atoms with Crippen molar-refractivity contribution in [2.75, 3.05) is 0 Å². The second kappa shape index (κ2) is 5.48. The summed E-state index contributed by atoms with van der Waals surface area (Å²) in [6.07, 6.45) is 2.13. The first-order valence-corrected chi connectivity index (χ1v) is 7.29. The van der Waals surface area contributed by atoms with Crippen molar-refractivity contribution in [3.8, 4) is 0 Å². The number of Topliss-reactive ketones (excluding diaryl/α,β-unsaturated/α-hetero) is 1. The van der Waals surface area contributed by atoms with Gasteiger partial charge in [-0.05, 0) is 45.9 Å². The third-order valence-corrected chi connectivity index (χ3v) is 3.61. The molecule has 1 aromatic carbocycles. The lowest BCUT2D eigenvalue weighted by Gasteiger charge is -2.39. The van der Waals surface area contributed by atoms with Gasteiger partial charge in [0.05, 0.1) is 21.7 Å². The Balaban J connectivity index is 2.49. The standard InChI is InChI=1S/C16H18ClNO4/c1-15(2)8-10(9-16(3,4)22-15)14(19)12-6-5-11(17)7-13(12)18(20)21/h5-8H,9H2,1-4H3. The minimum Gasteiger partial charge on any atom is -0.365 e. The van der Waals surface area contributed by atoms with Crippen molar-refractivity contribution in [3.05, 3.63) is 50.5 Å². The van der Waals surface area contributed by atoms with Gasteiger partial charge in [0.15, 0.2) is 5.78 Å². The van der Waals surface area contributed by atoms with Gasteiger partial charge in [0.25, 0.3) is 5.69 Å². The molecule has 0 saturated heterocycles. The summed E-state index contributed by atoms with van der Waals surface area (Å²) in [6.45, 7) is 7.51. The molecule has 6 heteroatoms. The number of carbonyl (C=O) groups excluding carboxylic acids is 1. The molecule has 0 radical (unpaired) electrons. The molecule has 22 heavy (non-hydrogen) atoms. The number of rotatable bonds is 3. The van der Waals surface area contributed by atoms with Crippen LogP contribution in [0.1, 0.15) is 44.5 Å². The minimum absolute atomic E-state index is 0.0501. The molecule has 0 spiro atoms. The van der Waals surface area contributed by atoms with Crippen molar-refractivity contribution in [1.82, 2.24) is 0 Å². The zero-order chi connectivity index (χ0) is 16.7. The van der Waals surface area contributed by atoms with Crippen molar-refractivity contribution < 1.29 is 14.5 Å². The normalized spacial score (nSPS) is 19.4. The molecular formula is C16H18ClNO4. The number of hydrogen-bond acceptors (Lipinski definition) is 4. The van der Waals surface area contributed by atoms with Gasteiger partial charge in [0.1, 0.15) is 0 Å². The Hall–Kier alpha value is -1.72. The van der Waals surface area contributed by atoms with E-state index in [1.807, 2.05) is 27.7 Å². The number of carbonyl (C=O) groups is 1. The van der Waals surface area contributed by atoms with Gasteiger partial charge in [-0.2, -0.15) is 0 Å². The average molecular weight is 324 g/mol. The van der Waals surface area contributed by atoms with E-state index >= 15 is 0 Å². The zero-order valence-electron chi connectivity index (χ0n) is 13.0. The van der Waals surface area contributed by atoms with E-state index in [0.717, 1.165) is 0 Å². The van der Waals surface area contributed by atoms with Gasteiger partial charge >= 0.3 is 0 Å². The van der Waals surface area contributed by atoms with Crippen LogP contribution in [-0.4, -0.2) is 21.9 Å². The molecule has 0 aliphatic carbocycles. The fourth-order valence-electron chi connectivity index (χ4n) is 2.87. The third-order valence-electron chi connectivity index (χ3n) is 3.37. The van der Waals surface area contributed by atoms with Crippen LogP contribution in [0.5, 0.6) is 0 Å². The highest BCUT2D eigenvalue weighted by Crippen LogP contribution is 2.36. The van der Waals surface area contributed by atoms with Gasteiger partial charge < -0.3 is 4.74 Å². The van der Waals surface area contributed by atoms with Crippen LogP contribution in [0.25, 0.3) is 0 Å². The van der Waals surface area contributed by atoms with Gasteiger partial charge in [-0.25, -0.2) is 0 Å². The van der Waals surface area contributed by atoms with E-state index in [1.165, 1.54) is 18.2 Å². The van der Waals surface area contributed by atoms with Crippen LogP contribution < -0.4 is 0 Å². The molecule has 5 nitrogen and oxygen atoms in total. The number of benzene rings is 1. The van der Waals surface area contributed by atoms with Crippen LogP contribution in [0.2, 0.25) is 5.02 Å². The van der Waals surface area contributed by atoms with Crippen molar-refractivity contribution in [2.45, 2.75) is 45.3 Å². The summed E-state index contributed by atoms with van der Waals surface area (Å²) in [4.78, 5) is 23.3. The van der Waals surface area contributed by atoms with Crippen molar-refractivity contribution in [2.24, 2.45) is 0 Å². The van der Waals surface area contributed by atoms with Crippen LogP contribution in [-0.2, 0) is 4.74 Å². The van der Waals surface area contributed by atoms with Crippen molar-refractivity contribution >= 4 is 23.1 Å². The number of hydrogen-bond donors (Lipinski definition) is 0. The topological polar surface area (TPSA) is 69.4 Å². The highest BCUT2D eigenvalue weighted by Gasteiger charge is 2.37. The molecule has 1 aliphatic rings. The van der Waals surface area contributed by atoms with Gasteiger partial charge in [-0.15, -0.1) is 0 Å². The predicted molar refractivity (Wildman–Crippen MR) is 84.4 cm³/mol. The average Bonchev–Trinajstić information content (AvgIpc) is 2.34. The molecule has 2 rings (SSSR count). The van der Waals surface area contributed by atoms with Crippen LogP contribution >= 0.6 is 11.6 Å². The van der Waals surface area contributed by atoms with E-state index in [0.29, 0.717) is 12.0 Å². The Morgan fingerprint density at radius 3 is 2.50 bits per heavy atom. The van der Waals surface area contributed by atoms with Gasteiger partial charge in [-0.3, -0.25) is 14.9 Å². The van der Waals surface area contributed by atoms with Gasteiger partial charge in [0, 0.05) is 23.1 Å². The number of ketones is 1. The lowest BCUT2D eigenvalue weighted by molar-refractivity contribution is -0.385. The molecule has 0 fully saturated rings. The SMILES string of the molecule is CC1(C)C=C(C(=O)c2ccc(Cl)cc2[N+](=O)[O-])CC(C)(C)O1. The Morgan fingerprint density at radius 1 is 1.32 bits per heavy atom. The Bertz CT molecular complexity index is 677. The quantitative estimate of drug-likeness (QED) is 0.471. The molecule has 0 N–H and O–H groups in total. The maximum Gasteiger partial charge on any atom is 0.282 e. The van der Waals surface area contributed by atoms with Crippen LogP contribution in [0.15, 0.2) is 29.8 Å². The molecule has 0 amide bonds. The Morgan fingerprint density at radius 2 is 1.95 bits per heavy atom. The number of nitro groups is 1. The second-order valence-electron chi connectivity index (χ2n) is 6.56. The van der Waals surface area contributed by atoms with Crippen molar-refractivity contribution in [3.63, 3.8) is 0 Å². The highest BCUT2D eigenvalue weighted by molar-refractivity contribution is 6.31. The fraction of sp³-hybridized carbons (Fsp3) is 0.438. The lowest BCUT2D eigenvalue weighted by atomic mass is 9.85. The minimum atomic E-state index is -0.603. The summed E-state index contributed by atoms with van der Waals surface area (Å²) in [5.74, 6) is -0.354. The second-order valence-corrected chi connectivity index (χ2v) is 7.00. The summed E-state index contributed by atoms with van der Waals surface area (Å²) in [5, 5.41) is 11.4. The molecule has 0 bridgehead atoms. The van der Waals surface area contributed by atoms with E-state index < -0.39 is 16.1 Å². The summed E-state index contributed by atoms with van der Waals surface area (Å²) in [6, 6.07) is 4.09. The largest absolute Gasteiger partial charge is 0.365 e. The number of halogens is 1. The van der Waals surface area contributed by atoms with Crippen LogP contribution in [0.3, 0.4) is 0 Å². The van der Waals surface area contributed by atoms with Gasteiger partial charge in [0.2, 0.25) is 0 Å². The number of nitrogens with zero attached hydrogens (tertiary/aromatic N) is 1. The molecule has 1 heterocycles. The van der Waals surface area contributed by atoms with Crippen LogP contribution in [0, 0.1) is 10.1 Å². The smallest absolute Gasteiger partial charge is 0.282 e. The molecule has 0 unspecified atom stereocenters. The third kappa shape index (κ3) is 3.54. The summed E-state index contributed by atoms with van der Waals surface area (Å²) < 4.78 is 5.89. The molecule has 118 valence electrons. The molecule has 1 aliphatic heterocycles. The van der Waals surface area contributed by atoms with E-state index in [-0.39, 0.29) is 22.1 Å². The first kappa shape index (κ1) is 16.6. The zero-order valence-corrected chi connectivity index (χ0v) is 13.7. The molecule has 0 atom stereocenters. The molecule has 0 aromatic heterocycles. The first-order chi connectivity index (χ1) is 10.0. The summed E-state index contributed by atoms with van der Waals surface area (Å²) in [7, 11) is 0. The first-order valence-electron chi connectivity index (χ1n) is 6.91. The van der Waals surface area contributed by atoms with E-state index in [9.17, 15) is 14.9 Å². The predicted octanol–water partition coefficient (Wildman–Crippen LogP) is 4.33.